The van der Waals surface area contributed by atoms with Crippen LogP contribution < -0.4 is 5.73 Å². The SMILES string of the molecule is C.CC(C)(C)C(=O)Cl.Cc1cc(C)c(-c2csc(CC(=O)C(C)(C)C)n2)c(C)c1.Cc1cc(C)c(-c2csc(N)n2)c(C)c1.ClCCl. The number of ketones is 1. The quantitative estimate of drug-likeness (QED) is 0.166. The van der Waals surface area contributed by atoms with E-state index in [0.29, 0.717) is 11.6 Å². The van der Waals surface area contributed by atoms with Crippen molar-refractivity contribution in [3.05, 3.63) is 73.4 Å². The lowest BCUT2D eigenvalue weighted by molar-refractivity contribution is -0.125. The van der Waals surface area contributed by atoms with Gasteiger partial charge >= 0.3 is 0 Å². The molecule has 4 rings (SSSR count). The second-order valence-electron chi connectivity index (χ2n) is 13.2. The van der Waals surface area contributed by atoms with Crippen molar-refractivity contribution in [3.8, 4) is 22.5 Å². The van der Waals surface area contributed by atoms with E-state index < -0.39 is 0 Å². The molecule has 0 saturated carbocycles. The minimum atomic E-state index is -0.373. The van der Waals surface area contributed by atoms with E-state index >= 15 is 0 Å². The summed E-state index contributed by atoms with van der Waals surface area (Å²) in [6.07, 6.45) is 0.429. The molecule has 0 aliphatic heterocycles. The predicted molar refractivity (Wildman–Crippen MR) is 210 cm³/mol. The van der Waals surface area contributed by atoms with Gasteiger partial charge in [-0.2, -0.15) is 0 Å². The van der Waals surface area contributed by atoms with Crippen molar-refractivity contribution in [2.24, 2.45) is 10.8 Å². The van der Waals surface area contributed by atoms with Gasteiger partial charge in [-0.15, -0.1) is 45.9 Å². The van der Waals surface area contributed by atoms with Crippen LogP contribution in [0.25, 0.3) is 22.5 Å². The van der Waals surface area contributed by atoms with Gasteiger partial charge in [-0.05, 0) is 75.4 Å². The molecule has 2 aromatic heterocycles. The molecule has 47 heavy (non-hydrogen) atoms. The van der Waals surface area contributed by atoms with Crippen molar-refractivity contribution in [1.29, 1.82) is 0 Å². The van der Waals surface area contributed by atoms with Gasteiger partial charge in [0, 0.05) is 32.7 Å². The van der Waals surface area contributed by atoms with Crippen LogP contribution in [0.3, 0.4) is 0 Å². The maximum Gasteiger partial charge on any atom is 0.226 e. The van der Waals surface area contributed by atoms with Crippen LogP contribution in [0.15, 0.2) is 35.0 Å². The number of carbonyl (C=O) groups excluding carboxylic acids is 2. The van der Waals surface area contributed by atoms with Gasteiger partial charge in [-0.3, -0.25) is 9.59 Å². The molecule has 5 nitrogen and oxygen atoms in total. The van der Waals surface area contributed by atoms with E-state index in [4.69, 9.17) is 40.5 Å². The molecule has 0 bridgehead atoms. The van der Waals surface area contributed by atoms with Crippen LogP contribution >= 0.6 is 57.5 Å². The van der Waals surface area contributed by atoms with E-state index in [-0.39, 0.29) is 34.6 Å². The molecule has 10 heteroatoms. The molecular formula is C37H52Cl3N3O2S2. The Morgan fingerprint density at radius 2 is 1.04 bits per heavy atom. The third-order valence-corrected chi connectivity index (χ3v) is 8.77. The summed E-state index contributed by atoms with van der Waals surface area (Å²) < 4.78 is 0. The Kier molecular flexibility index (Phi) is 18.7. The molecule has 0 unspecified atom stereocenters. The fourth-order valence-electron chi connectivity index (χ4n) is 4.48. The molecule has 260 valence electrons. The second-order valence-corrected chi connectivity index (χ2v) is 16.2. The number of aromatic nitrogens is 2. The van der Waals surface area contributed by atoms with Gasteiger partial charge in [0.15, 0.2) is 5.13 Å². The van der Waals surface area contributed by atoms with E-state index in [1.54, 1.807) is 32.1 Å². The first-order valence-electron chi connectivity index (χ1n) is 14.8. The van der Waals surface area contributed by atoms with Gasteiger partial charge < -0.3 is 5.73 Å². The zero-order chi connectivity index (χ0) is 35.6. The maximum atomic E-state index is 12.1. The van der Waals surface area contributed by atoms with E-state index in [0.717, 1.165) is 16.4 Å². The summed E-state index contributed by atoms with van der Waals surface area (Å²) >= 11 is 17.7. The number of hydrogen-bond donors (Lipinski definition) is 1. The Bertz CT molecular complexity index is 1570. The van der Waals surface area contributed by atoms with Gasteiger partial charge in [0.1, 0.15) is 10.8 Å². The Morgan fingerprint density at radius 1 is 0.702 bits per heavy atom. The minimum Gasteiger partial charge on any atom is -0.375 e. The molecule has 0 aliphatic carbocycles. The van der Waals surface area contributed by atoms with Crippen molar-refractivity contribution in [2.75, 3.05) is 11.1 Å². The summed E-state index contributed by atoms with van der Waals surface area (Å²) in [5.41, 5.74) is 16.9. The summed E-state index contributed by atoms with van der Waals surface area (Å²) in [5, 5.41) is 5.52. The molecule has 0 atom stereocenters. The zero-order valence-corrected chi connectivity index (χ0v) is 33.0. The molecule has 0 spiro atoms. The molecule has 2 N–H and O–H groups in total. The topological polar surface area (TPSA) is 85.9 Å². The Labute approximate surface area is 306 Å². The van der Waals surface area contributed by atoms with Crippen LogP contribution in [0.4, 0.5) is 5.13 Å². The number of nitrogens with zero attached hydrogens (tertiary/aromatic N) is 2. The Balaban J connectivity index is 0.000000709. The highest BCUT2D eigenvalue weighted by Gasteiger charge is 2.23. The molecule has 2 aromatic carbocycles. The smallest absolute Gasteiger partial charge is 0.226 e. The zero-order valence-electron chi connectivity index (χ0n) is 29.1. The first-order valence-corrected chi connectivity index (χ1v) is 18.0. The van der Waals surface area contributed by atoms with E-state index in [1.807, 2.05) is 26.2 Å². The van der Waals surface area contributed by atoms with Crippen molar-refractivity contribution in [1.82, 2.24) is 9.97 Å². The van der Waals surface area contributed by atoms with Crippen LogP contribution in [0.2, 0.25) is 0 Å². The summed E-state index contributed by atoms with van der Waals surface area (Å²) in [7, 11) is 0. The number of alkyl halides is 2. The molecule has 0 fully saturated rings. The number of anilines is 1. The second kappa shape index (κ2) is 19.6. The number of hydrogen-bond acceptors (Lipinski definition) is 7. The molecule has 4 aromatic rings. The third kappa shape index (κ3) is 14.8. The van der Waals surface area contributed by atoms with E-state index in [9.17, 15) is 9.59 Å². The van der Waals surface area contributed by atoms with Crippen LogP contribution in [-0.4, -0.2) is 26.3 Å². The van der Waals surface area contributed by atoms with Gasteiger partial charge in [-0.1, -0.05) is 84.4 Å². The number of benzene rings is 2. The normalized spacial score (nSPS) is 10.7. The van der Waals surface area contributed by atoms with Crippen LogP contribution in [0.5, 0.6) is 0 Å². The number of thiazole rings is 2. The van der Waals surface area contributed by atoms with Crippen molar-refractivity contribution >= 4 is 73.6 Å². The Hall–Kier alpha value is -2.29. The predicted octanol–water partition coefficient (Wildman–Crippen LogP) is 12.1. The Morgan fingerprint density at radius 3 is 1.34 bits per heavy atom. The maximum absolute atomic E-state index is 12.1. The summed E-state index contributed by atoms with van der Waals surface area (Å²) in [4.78, 5) is 31.4. The lowest BCUT2D eigenvalue weighted by Gasteiger charge is -2.15. The first kappa shape index (κ1) is 44.7. The lowest BCUT2D eigenvalue weighted by Crippen LogP contribution is -2.21. The number of carbonyl (C=O) groups is 2. The van der Waals surface area contributed by atoms with E-state index in [1.165, 1.54) is 55.8 Å². The summed E-state index contributed by atoms with van der Waals surface area (Å²) in [5.74, 6) is 0.237. The average molecular weight is 741 g/mol. The standard InChI is InChI=1S/C18H23NOS.C12H14N2S.C5H9ClO.CH2Cl2.CH4/c1-11-7-12(2)17(13(3)8-11)14-10-21-16(19-14)9-15(20)18(4,5)6;1-7-4-8(2)11(9(3)5-7)10-6-15-12(13)14-10;1-5(2,3)4(6)7;2-1-3;/h7-8,10H,9H2,1-6H3;4-6H,1-3H3,(H2,13,14);1-3H3;1H2;1H4. The molecule has 2 heterocycles. The number of nitrogens with two attached hydrogens (primary N) is 1. The highest BCUT2D eigenvalue weighted by Crippen LogP contribution is 2.31. The fourth-order valence-corrected chi connectivity index (χ4v) is 5.82. The largest absolute Gasteiger partial charge is 0.375 e. The molecule has 0 amide bonds. The van der Waals surface area contributed by atoms with Crippen LogP contribution in [0.1, 0.15) is 87.4 Å². The minimum absolute atomic E-state index is 0. The van der Waals surface area contributed by atoms with Crippen molar-refractivity contribution < 1.29 is 9.59 Å². The van der Waals surface area contributed by atoms with Gasteiger partial charge in [0.25, 0.3) is 0 Å². The van der Waals surface area contributed by atoms with Crippen LogP contribution in [0, 0.1) is 52.4 Å². The number of aryl methyl sites for hydroxylation is 6. The fraction of sp³-hybridized carbons (Fsp3) is 0.459. The van der Waals surface area contributed by atoms with Crippen LogP contribution in [-0.2, 0) is 16.0 Å². The highest BCUT2D eigenvalue weighted by molar-refractivity contribution is 7.13. The van der Waals surface area contributed by atoms with E-state index in [2.05, 4.69) is 81.2 Å². The molecule has 0 aliphatic rings. The molecule has 0 saturated heterocycles. The third-order valence-electron chi connectivity index (χ3n) is 6.68. The molecular weight excluding hydrogens is 689 g/mol. The number of rotatable bonds is 4. The van der Waals surface area contributed by atoms with Crippen molar-refractivity contribution in [3.63, 3.8) is 0 Å². The first-order chi connectivity index (χ1) is 21.1. The molecule has 0 radical (unpaired) electrons. The van der Waals surface area contributed by atoms with Gasteiger partial charge in [0.2, 0.25) is 5.24 Å². The summed E-state index contributed by atoms with van der Waals surface area (Å²) in [6.45, 7) is 23.9. The average Bonchev–Trinajstić information content (AvgIpc) is 3.52. The lowest BCUT2D eigenvalue weighted by atomic mass is 9.89. The highest BCUT2D eigenvalue weighted by atomic mass is 35.5. The summed E-state index contributed by atoms with van der Waals surface area (Å²) in [6, 6.07) is 8.72. The number of Topliss-reactive ketones (excluding diaryl/α,β-unsaturated/α-hetero) is 1. The number of halogens is 3. The van der Waals surface area contributed by atoms with Crippen molar-refractivity contribution in [2.45, 2.75) is 96.9 Å². The van der Waals surface area contributed by atoms with Gasteiger partial charge in [-0.25, -0.2) is 9.97 Å². The van der Waals surface area contributed by atoms with Gasteiger partial charge in [0.05, 0.1) is 23.1 Å². The number of nitrogen functional groups attached to an aromatic ring is 1. The monoisotopic (exact) mass is 739 g/mol.